The Balaban J connectivity index is 1.59. The van der Waals surface area contributed by atoms with Gasteiger partial charge >= 0.3 is 0 Å². The van der Waals surface area contributed by atoms with Crippen LogP contribution in [0.4, 0.5) is 0 Å². The molecular weight excluding hydrogens is 388 g/mol. The number of benzene rings is 2. The van der Waals surface area contributed by atoms with Crippen LogP contribution >= 0.6 is 11.6 Å². The molecule has 0 bridgehead atoms. The van der Waals surface area contributed by atoms with Crippen LogP contribution in [0.3, 0.4) is 0 Å². The second-order valence-electron chi connectivity index (χ2n) is 7.29. The average Bonchev–Trinajstić information content (AvgIpc) is 2.80. The van der Waals surface area contributed by atoms with Crippen molar-refractivity contribution in [2.45, 2.75) is 32.3 Å². The van der Waals surface area contributed by atoms with Crippen LogP contribution in [-0.2, 0) is 13.1 Å². The Hall–Kier alpha value is -2.97. The minimum absolute atomic E-state index is 0.182. The van der Waals surface area contributed by atoms with Gasteiger partial charge in [-0.3, -0.25) is 0 Å². The maximum atomic E-state index is 6.62. The summed E-state index contributed by atoms with van der Waals surface area (Å²) in [5.41, 5.74) is 4.79. The molecule has 0 amide bonds. The van der Waals surface area contributed by atoms with Gasteiger partial charge in [-0.25, -0.2) is 0 Å². The molecule has 0 N–H and O–H groups in total. The normalized spacial score (nSPS) is 12.1. The lowest BCUT2D eigenvalue weighted by Gasteiger charge is -2.04. The molecule has 2 aromatic heterocycles. The van der Waals surface area contributed by atoms with Gasteiger partial charge in [-0.05, 0) is 38.1 Å². The summed E-state index contributed by atoms with van der Waals surface area (Å²) in [4.78, 5) is 0. The second kappa shape index (κ2) is 9.23. The molecule has 0 radical (unpaired) electrons. The van der Waals surface area contributed by atoms with Crippen LogP contribution in [0.1, 0.15) is 25.2 Å². The molecule has 0 atom stereocenters. The summed E-state index contributed by atoms with van der Waals surface area (Å²) in [6.07, 6.45) is 8.33. The molecule has 2 heterocycles. The lowest BCUT2D eigenvalue weighted by Crippen LogP contribution is -2.36. The van der Waals surface area contributed by atoms with E-state index in [-0.39, 0.29) is 5.38 Å². The van der Waals surface area contributed by atoms with Crippen molar-refractivity contribution in [1.82, 2.24) is 0 Å². The van der Waals surface area contributed by atoms with Crippen LogP contribution in [0, 0.1) is 0 Å². The van der Waals surface area contributed by atoms with Crippen molar-refractivity contribution in [3.63, 3.8) is 0 Å². The smallest absolute Gasteiger partial charge is 0.192 e. The molecule has 0 aliphatic rings. The van der Waals surface area contributed by atoms with Gasteiger partial charge in [-0.1, -0.05) is 36.4 Å². The zero-order chi connectivity index (χ0) is 20.9. The number of alkyl halides is 1. The summed E-state index contributed by atoms with van der Waals surface area (Å²) >= 11 is 6.62. The largest absolute Gasteiger partial charge is 0.212 e. The molecule has 4 rings (SSSR count). The highest BCUT2D eigenvalue weighted by Crippen LogP contribution is 2.14. The van der Waals surface area contributed by atoms with Gasteiger partial charge in [0.05, 0.1) is 5.38 Å². The van der Waals surface area contributed by atoms with Gasteiger partial charge in [-0.15, -0.1) is 11.6 Å². The maximum absolute atomic E-state index is 6.62. The Bertz CT molecular complexity index is 1140. The van der Waals surface area contributed by atoms with Crippen LogP contribution in [-0.4, -0.2) is 5.38 Å². The summed E-state index contributed by atoms with van der Waals surface area (Å²) in [6, 6.07) is 25.6. The number of para-hydroxylation sites is 2. The Morgan fingerprint density at radius 2 is 1.10 bits per heavy atom. The summed E-state index contributed by atoms with van der Waals surface area (Å²) < 4.78 is 4.63. The Morgan fingerprint density at radius 1 is 0.667 bits per heavy atom. The van der Waals surface area contributed by atoms with Crippen molar-refractivity contribution in [2.75, 3.05) is 0 Å². The van der Waals surface area contributed by atoms with Crippen molar-refractivity contribution in [1.29, 1.82) is 0 Å². The third kappa shape index (κ3) is 4.15. The lowest BCUT2D eigenvalue weighted by molar-refractivity contribution is -0.669. The molecule has 0 fully saturated rings. The number of fused-ring (bicyclic) bond motifs is 2. The van der Waals surface area contributed by atoms with E-state index in [0.717, 1.165) is 24.5 Å². The molecule has 2 nitrogen and oxygen atoms in total. The molecule has 0 aliphatic carbocycles. The fraction of sp³-hybridized carbons (Fsp3) is 0.185. The summed E-state index contributed by atoms with van der Waals surface area (Å²) in [7, 11) is 0. The van der Waals surface area contributed by atoms with Crippen LogP contribution in [0.25, 0.3) is 34.0 Å². The first-order valence-corrected chi connectivity index (χ1v) is 11.0. The molecule has 0 unspecified atom stereocenters. The minimum atomic E-state index is -0.182. The first kappa shape index (κ1) is 20.3. The van der Waals surface area contributed by atoms with Gasteiger partial charge in [0.15, 0.2) is 0 Å². The van der Waals surface area contributed by atoms with Crippen LogP contribution < -0.4 is 9.13 Å². The van der Waals surface area contributed by atoms with Crippen molar-refractivity contribution in [3.8, 4) is 0 Å². The summed E-state index contributed by atoms with van der Waals surface area (Å²) in [5.74, 6) is 0. The van der Waals surface area contributed by atoms with Gasteiger partial charge in [0.25, 0.3) is 0 Å². The third-order valence-electron chi connectivity index (χ3n) is 5.48. The number of allylic oxidation sites excluding steroid dienone is 2. The van der Waals surface area contributed by atoms with Crippen LogP contribution in [0.15, 0.2) is 84.9 Å². The zero-order valence-electron chi connectivity index (χ0n) is 17.5. The molecule has 150 valence electrons. The van der Waals surface area contributed by atoms with E-state index in [4.69, 9.17) is 11.6 Å². The number of halogens is 1. The molecule has 0 aliphatic heterocycles. The zero-order valence-corrected chi connectivity index (χ0v) is 18.3. The molecule has 30 heavy (non-hydrogen) atoms. The van der Waals surface area contributed by atoms with E-state index >= 15 is 0 Å². The number of nitrogens with zero attached hydrogens (tertiary/aromatic N) is 2. The van der Waals surface area contributed by atoms with Crippen molar-refractivity contribution in [3.05, 3.63) is 96.3 Å². The van der Waals surface area contributed by atoms with E-state index in [0.29, 0.717) is 0 Å². The highest BCUT2D eigenvalue weighted by molar-refractivity contribution is 6.23. The Kier molecular flexibility index (Phi) is 6.25. The Labute approximate surface area is 183 Å². The molecule has 0 saturated heterocycles. The summed E-state index contributed by atoms with van der Waals surface area (Å²) in [6.45, 7) is 6.17. The number of aromatic nitrogens is 2. The molecule has 3 heteroatoms. The van der Waals surface area contributed by atoms with E-state index in [1.54, 1.807) is 0 Å². The van der Waals surface area contributed by atoms with Crippen molar-refractivity contribution < 1.29 is 9.13 Å². The quantitative estimate of drug-likeness (QED) is 0.272. The standard InChI is InChI=1S/C27H27ClN2/c1-3-29-24(17-13-21-9-5-7-11-26(21)29)19-15-23(28)16-20-25-18-14-22-10-6-8-12-27(22)30(25)4-2/h5-20,23H,3-4H2,1-2H3/q+2/b19-15+,20-16+. The van der Waals surface area contributed by atoms with E-state index < -0.39 is 0 Å². The first-order chi connectivity index (χ1) is 14.7. The number of hydrogen-bond donors (Lipinski definition) is 0. The SMILES string of the molecule is CC[n+]1c(/C=C/C(Cl)/C=C/c2ccc3ccccc3[n+]2CC)ccc2ccccc21. The second-order valence-corrected chi connectivity index (χ2v) is 7.79. The third-order valence-corrected chi connectivity index (χ3v) is 5.77. The van der Waals surface area contributed by atoms with Gasteiger partial charge in [0.2, 0.25) is 22.4 Å². The lowest BCUT2D eigenvalue weighted by atomic mass is 10.1. The molecule has 0 spiro atoms. The maximum Gasteiger partial charge on any atom is 0.212 e. The van der Waals surface area contributed by atoms with Gasteiger partial charge in [0.1, 0.15) is 13.1 Å². The number of aryl methyl sites for hydroxylation is 2. The molecule has 4 aromatic rings. The Morgan fingerprint density at radius 3 is 1.53 bits per heavy atom. The number of rotatable bonds is 6. The molecule has 0 saturated carbocycles. The highest BCUT2D eigenvalue weighted by atomic mass is 35.5. The first-order valence-electron chi connectivity index (χ1n) is 10.5. The highest BCUT2D eigenvalue weighted by Gasteiger charge is 2.13. The van der Waals surface area contributed by atoms with E-state index in [9.17, 15) is 0 Å². The monoisotopic (exact) mass is 414 g/mol. The molecular formula is C27H27ClN2+2. The number of pyridine rings is 2. The van der Waals surface area contributed by atoms with E-state index in [1.807, 2.05) is 12.2 Å². The van der Waals surface area contributed by atoms with E-state index in [2.05, 4.69) is 108 Å². The van der Waals surface area contributed by atoms with Gasteiger partial charge in [-0.2, -0.15) is 9.13 Å². The van der Waals surface area contributed by atoms with Crippen molar-refractivity contribution in [2.24, 2.45) is 0 Å². The molecule has 2 aromatic carbocycles. The minimum Gasteiger partial charge on any atom is -0.192 e. The van der Waals surface area contributed by atoms with E-state index in [1.165, 1.54) is 21.8 Å². The number of hydrogen-bond acceptors (Lipinski definition) is 0. The fourth-order valence-corrected chi connectivity index (χ4v) is 4.14. The fourth-order valence-electron chi connectivity index (χ4n) is 4.00. The van der Waals surface area contributed by atoms with Crippen LogP contribution in [0.2, 0.25) is 0 Å². The van der Waals surface area contributed by atoms with Crippen molar-refractivity contribution >= 4 is 45.6 Å². The predicted octanol–water partition coefficient (Wildman–Crippen LogP) is 5.94. The van der Waals surface area contributed by atoms with Gasteiger partial charge < -0.3 is 0 Å². The average molecular weight is 415 g/mol. The van der Waals surface area contributed by atoms with Gasteiger partial charge in [0, 0.05) is 47.2 Å². The summed E-state index contributed by atoms with van der Waals surface area (Å²) in [5, 5.41) is 2.32. The topological polar surface area (TPSA) is 7.76 Å². The van der Waals surface area contributed by atoms with Crippen LogP contribution in [0.5, 0.6) is 0 Å². The predicted molar refractivity (Wildman–Crippen MR) is 127 cm³/mol.